The monoisotopic (exact) mass is 398 g/mol. The number of imidazole rings is 1. The van der Waals surface area contributed by atoms with E-state index in [1.54, 1.807) is 4.57 Å². The summed E-state index contributed by atoms with van der Waals surface area (Å²) in [6, 6.07) is 15.1. The van der Waals surface area contributed by atoms with Crippen LogP contribution in [0, 0.1) is 0 Å². The highest BCUT2D eigenvalue weighted by Gasteiger charge is 2.44. The molecule has 0 bridgehead atoms. The Kier molecular flexibility index (Phi) is 5.27. The molecule has 1 aromatic heterocycles. The first-order valence-corrected chi connectivity index (χ1v) is 10.1. The van der Waals surface area contributed by atoms with Crippen LogP contribution < -0.4 is 5.69 Å². The van der Waals surface area contributed by atoms with E-state index >= 15 is 0 Å². The number of rotatable bonds is 6. The number of ether oxygens (including phenoxy) is 1. The molecule has 0 atom stereocenters. The Balaban J connectivity index is 1.41. The van der Waals surface area contributed by atoms with Crippen LogP contribution in [-0.2, 0) is 21.5 Å². The number of fused-ring (bicyclic) bond motifs is 1. The lowest BCUT2D eigenvalue weighted by atomic mass is 9.79. The largest absolute Gasteiger partial charge is 0.465 e. The van der Waals surface area contributed by atoms with Gasteiger partial charge in [0, 0.05) is 11.6 Å². The lowest BCUT2D eigenvalue weighted by Gasteiger charge is -2.27. The van der Waals surface area contributed by atoms with Crippen LogP contribution in [0.2, 0.25) is 5.02 Å². The van der Waals surface area contributed by atoms with Gasteiger partial charge in [0.05, 0.1) is 23.1 Å². The second kappa shape index (κ2) is 7.84. The van der Waals surface area contributed by atoms with Crippen molar-refractivity contribution in [2.24, 2.45) is 0 Å². The second-order valence-corrected chi connectivity index (χ2v) is 7.82. The molecular weight excluding hydrogens is 376 g/mol. The lowest BCUT2D eigenvalue weighted by Crippen LogP contribution is -2.35. The lowest BCUT2D eigenvalue weighted by molar-refractivity contribution is -0.150. The van der Waals surface area contributed by atoms with Crippen molar-refractivity contribution in [1.29, 1.82) is 0 Å². The summed E-state index contributed by atoms with van der Waals surface area (Å²) < 4.78 is 7.35. The predicted molar refractivity (Wildman–Crippen MR) is 110 cm³/mol. The Bertz CT molecular complexity index is 1030. The Morgan fingerprint density at radius 3 is 2.57 bits per heavy atom. The van der Waals surface area contributed by atoms with Crippen LogP contribution in [0.15, 0.2) is 53.3 Å². The highest BCUT2D eigenvalue weighted by atomic mass is 35.5. The molecule has 1 saturated carbocycles. The van der Waals surface area contributed by atoms with Crippen LogP contribution in [0.5, 0.6) is 0 Å². The molecule has 2 aromatic carbocycles. The van der Waals surface area contributed by atoms with E-state index in [0.29, 0.717) is 24.6 Å². The smallest absolute Gasteiger partial charge is 0.326 e. The Morgan fingerprint density at radius 2 is 1.82 bits per heavy atom. The Labute approximate surface area is 168 Å². The van der Waals surface area contributed by atoms with Crippen molar-refractivity contribution >= 4 is 28.6 Å². The molecule has 28 heavy (non-hydrogen) atoms. The molecule has 1 fully saturated rings. The highest BCUT2D eigenvalue weighted by molar-refractivity contribution is 6.30. The predicted octanol–water partition coefficient (Wildman–Crippen LogP) is 4.43. The quantitative estimate of drug-likeness (QED) is 0.493. The van der Waals surface area contributed by atoms with Crippen LogP contribution >= 0.6 is 11.6 Å². The van der Waals surface area contributed by atoms with Crippen LogP contribution in [0.4, 0.5) is 0 Å². The average molecular weight is 399 g/mol. The molecule has 0 unspecified atom stereocenters. The van der Waals surface area contributed by atoms with Gasteiger partial charge < -0.3 is 9.72 Å². The number of benzene rings is 2. The first-order valence-electron chi connectivity index (χ1n) is 9.71. The molecule has 0 spiro atoms. The first kappa shape index (κ1) is 18.8. The van der Waals surface area contributed by atoms with Gasteiger partial charge in [0.1, 0.15) is 0 Å². The molecule has 6 heteroatoms. The number of hydrogen-bond acceptors (Lipinski definition) is 3. The van der Waals surface area contributed by atoms with Gasteiger partial charge in [0.2, 0.25) is 0 Å². The minimum atomic E-state index is -0.567. The average Bonchev–Trinajstić information content (AvgIpc) is 3.31. The fourth-order valence-corrected chi connectivity index (χ4v) is 4.34. The van der Waals surface area contributed by atoms with Crippen LogP contribution in [-0.4, -0.2) is 22.1 Å². The molecule has 0 amide bonds. The van der Waals surface area contributed by atoms with E-state index in [9.17, 15) is 9.59 Å². The number of hydrogen-bond donors (Lipinski definition) is 1. The third kappa shape index (κ3) is 3.47. The third-order valence-corrected chi connectivity index (χ3v) is 5.94. The van der Waals surface area contributed by atoms with Gasteiger partial charge in [-0.2, -0.15) is 0 Å². The normalized spacial score (nSPS) is 15.8. The maximum Gasteiger partial charge on any atom is 0.326 e. The van der Waals surface area contributed by atoms with Crippen molar-refractivity contribution in [1.82, 2.24) is 9.55 Å². The number of para-hydroxylation sites is 2. The van der Waals surface area contributed by atoms with Crippen molar-refractivity contribution in [2.75, 3.05) is 6.61 Å². The molecule has 4 rings (SSSR count). The van der Waals surface area contributed by atoms with Crippen LogP contribution in [0.1, 0.15) is 37.7 Å². The van der Waals surface area contributed by atoms with E-state index in [0.717, 1.165) is 42.3 Å². The molecule has 0 saturated heterocycles. The maximum atomic E-state index is 13.0. The zero-order chi connectivity index (χ0) is 19.6. The molecule has 1 aliphatic rings. The third-order valence-electron chi connectivity index (χ3n) is 5.69. The molecule has 146 valence electrons. The molecule has 1 aliphatic carbocycles. The topological polar surface area (TPSA) is 64.1 Å². The Hall–Kier alpha value is -2.53. The van der Waals surface area contributed by atoms with Gasteiger partial charge in [0.15, 0.2) is 0 Å². The number of carbonyl (C=O) groups excluding carboxylic acids is 1. The van der Waals surface area contributed by atoms with Crippen molar-refractivity contribution in [3.05, 3.63) is 69.6 Å². The summed E-state index contributed by atoms with van der Waals surface area (Å²) >= 11 is 6.00. The number of nitrogens with one attached hydrogen (secondary N) is 1. The molecular formula is C22H23ClN2O3. The van der Waals surface area contributed by atoms with E-state index in [-0.39, 0.29) is 11.7 Å². The number of halogens is 1. The number of esters is 1. The fourth-order valence-electron chi connectivity index (χ4n) is 4.21. The van der Waals surface area contributed by atoms with Crippen molar-refractivity contribution < 1.29 is 9.53 Å². The number of nitrogens with zero attached hydrogens (tertiary/aromatic N) is 1. The van der Waals surface area contributed by atoms with E-state index < -0.39 is 5.41 Å². The van der Waals surface area contributed by atoms with E-state index in [2.05, 4.69) is 4.98 Å². The van der Waals surface area contributed by atoms with E-state index in [1.807, 2.05) is 48.5 Å². The second-order valence-electron chi connectivity index (χ2n) is 7.38. The summed E-state index contributed by atoms with van der Waals surface area (Å²) in [5.74, 6) is -0.168. The van der Waals surface area contributed by atoms with Gasteiger partial charge in [-0.25, -0.2) is 4.79 Å². The molecule has 3 aromatic rings. The standard InChI is InChI=1S/C22H23ClN2O3/c23-17-10-8-16(9-11-17)22(12-3-4-13-22)20(26)28-15-5-14-25-19-7-2-1-6-18(19)24-21(25)27/h1-2,6-11H,3-5,12-15H2,(H,24,27). The molecule has 0 radical (unpaired) electrons. The SMILES string of the molecule is O=C(OCCCn1c(=O)[nH]c2ccccc21)C1(c2ccc(Cl)cc2)CCCC1. The highest BCUT2D eigenvalue weighted by Crippen LogP contribution is 2.42. The number of H-pyrrole nitrogens is 1. The zero-order valence-corrected chi connectivity index (χ0v) is 16.4. The van der Waals surface area contributed by atoms with Gasteiger partial charge in [0.25, 0.3) is 0 Å². The summed E-state index contributed by atoms with van der Waals surface area (Å²) in [6.45, 7) is 0.796. The molecule has 5 nitrogen and oxygen atoms in total. The van der Waals surface area contributed by atoms with Crippen LogP contribution in [0.25, 0.3) is 11.0 Å². The fraction of sp³-hybridized carbons (Fsp3) is 0.364. The van der Waals surface area contributed by atoms with Gasteiger partial charge in [-0.3, -0.25) is 9.36 Å². The van der Waals surface area contributed by atoms with E-state index in [1.165, 1.54) is 0 Å². The number of aromatic amines is 1. The minimum Gasteiger partial charge on any atom is -0.465 e. The number of aryl methyl sites for hydroxylation is 1. The molecule has 1 N–H and O–H groups in total. The van der Waals surface area contributed by atoms with E-state index in [4.69, 9.17) is 16.3 Å². The van der Waals surface area contributed by atoms with Gasteiger partial charge in [-0.15, -0.1) is 0 Å². The summed E-state index contributed by atoms with van der Waals surface area (Å²) in [7, 11) is 0. The first-order chi connectivity index (χ1) is 13.6. The minimum absolute atomic E-state index is 0.138. The molecule has 0 aliphatic heterocycles. The Morgan fingerprint density at radius 1 is 1.11 bits per heavy atom. The van der Waals surface area contributed by atoms with Gasteiger partial charge >= 0.3 is 11.7 Å². The molecule has 1 heterocycles. The van der Waals surface area contributed by atoms with Crippen molar-refractivity contribution in [3.63, 3.8) is 0 Å². The number of aromatic nitrogens is 2. The van der Waals surface area contributed by atoms with Crippen molar-refractivity contribution in [3.8, 4) is 0 Å². The maximum absolute atomic E-state index is 13.0. The summed E-state index contributed by atoms with van der Waals surface area (Å²) in [4.78, 5) is 27.9. The van der Waals surface area contributed by atoms with Crippen molar-refractivity contribution in [2.45, 2.75) is 44.1 Å². The van der Waals surface area contributed by atoms with Crippen LogP contribution in [0.3, 0.4) is 0 Å². The summed E-state index contributed by atoms with van der Waals surface area (Å²) in [5, 5.41) is 0.662. The van der Waals surface area contributed by atoms with Gasteiger partial charge in [-0.05, 0) is 49.1 Å². The summed E-state index contributed by atoms with van der Waals surface area (Å²) in [6.07, 6.45) is 4.22. The zero-order valence-electron chi connectivity index (χ0n) is 15.6. The van der Waals surface area contributed by atoms with Gasteiger partial charge in [-0.1, -0.05) is 48.7 Å². The summed E-state index contributed by atoms with van der Waals surface area (Å²) in [5.41, 5.74) is 1.96. The number of carbonyl (C=O) groups is 1.